The first-order valence-electron chi connectivity index (χ1n) is 5.78. The smallest absolute Gasteiger partial charge is 0.341 e. The van der Waals surface area contributed by atoms with Gasteiger partial charge in [-0.2, -0.15) is 0 Å². The molecule has 0 radical (unpaired) electrons. The fraction of sp³-hybridized carbons (Fsp3) is 0.143. The number of carbonyl (C=O) groups is 1. The molecule has 0 atom stereocenters. The van der Waals surface area contributed by atoms with Crippen LogP contribution in [-0.4, -0.2) is 22.2 Å². The van der Waals surface area contributed by atoms with Gasteiger partial charge in [0.2, 0.25) is 0 Å². The molecule has 0 saturated heterocycles. The summed E-state index contributed by atoms with van der Waals surface area (Å²) >= 11 is 1.33. The average molecular weight is 291 g/mol. The molecule has 20 heavy (non-hydrogen) atoms. The van der Waals surface area contributed by atoms with E-state index in [1.54, 1.807) is 37.4 Å². The molecule has 0 saturated carbocycles. The molecule has 0 spiro atoms. The summed E-state index contributed by atoms with van der Waals surface area (Å²) in [5.74, 6) is -0.549. The summed E-state index contributed by atoms with van der Waals surface area (Å²) in [4.78, 5) is 22.2. The van der Waals surface area contributed by atoms with Crippen LogP contribution in [0.15, 0.2) is 29.1 Å². The van der Waals surface area contributed by atoms with E-state index in [4.69, 9.17) is 9.84 Å². The molecular formula is C14H13NO4S. The van der Waals surface area contributed by atoms with Crippen molar-refractivity contribution in [2.45, 2.75) is 0 Å². The second kappa shape index (κ2) is 5.75. The lowest BCUT2D eigenvalue weighted by Gasteiger charge is -2.02. The van der Waals surface area contributed by atoms with Gasteiger partial charge in [-0.3, -0.25) is 4.79 Å². The number of thiazole rings is 1. The predicted molar refractivity (Wildman–Crippen MR) is 77.5 cm³/mol. The van der Waals surface area contributed by atoms with Crippen molar-refractivity contribution in [2.75, 3.05) is 6.61 Å². The van der Waals surface area contributed by atoms with Crippen LogP contribution in [0.25, 0.3) is 12.7 Å². The zero-order valence-corrected chi connectivity index (χ0v) is 11.6. The topological polar surface area (TPSA) is 68.5 Å². The maximum absolute atomic E-state index is 11.9. The zero-order valence-electron chi connectivity index (χ0n) is 10.8. The van der Waals surface area contributed by atoms with Crippen molar-refractivity contribution in [3.05, 3.63) is 49.4 Å². The molecule has 0 aliphatic heterocycles. The van der Waals surface area contributed by atoms with E-state index in [0.29, 0.717) is 14.9 Å². The molecule has 0 aliphatic carbocycles. The molecule has 1 aromatic carbocycles. The molecular weight excluding hydrogens is 278 g/mol. The Morgan fingerprint density at radius 2 is 2.10 bits per heavy atom. The van der Waals surface area contributed by atoms with E-state index in [9.17, 15) is 9.59 Å². The van der Waals surface area contributed by atoms with E-state index in [1.807, 2.05) is 0 Å². The molecule has 0 unspecified atom stereocenters. The third-order valence-electron chi connectivity index (χ3n) is 2.66. The minimum Gasteiger partial charge on any atom is -0.482 e. The highest BCUT2D eigenvalue weighted by Crippen LogP contribution is 2.12. The molecule has 5 nitrogen and oxygen atoms in total. The van der Waals surface area contributed by atoms with E-state index >= 15 is 0 Å². The van der Waals surface area contributed by atoms with Gasteiger partial charge in [0.15, 0.2) is 6.61 Å². The second-order valence-electron chi connectivity index (χ2n) is 4.12. The monoisotopic (exact) mass is 291 g/mol. The van der Waals surface area contributed by atoms with Crippen LogP contribution < -0.4 is 19.5 Å². The first-order valence-corrected chi connectivity index (χ1v) is 6.60. The second-order valence-corrected chi connectivity index (χ2v) is 5.24. The van der Waals surface area contributed by atoms with Crippen molar-refractivity contribution in [2.24, 2.45) is 7.05 Å². The molecule has 1 heterocycles. The first-order chi connectivity index (χ1) is 9.47. The first kappa shape index (κ1) is 14.1. The summed E-state index contributed by atoms with van der Waals surface area (Å²) in [6, 6.07) is 6.86. The Morgan fingerprint density at radius 1 is 1.45 bits per heavy atom. The Kier molecular flexibility index (Phi) is 4.05. The van der Waals surface area contributed by atoms with Gasteiger partial charge in [0.1, 0.15) is 5.75 Å². The van der Waals surface area contributed by atoms with Gasteiger partial charge < -0.3 is 14.4 Å². The summed E-state index contributed by atoms with van der Waals surface area (Å²) in [6.45, 7) is 3.41. The summed E-state index contributed by atoms with van der Waals surface area (Å²) in [5, 5.41) is 8.51. The standard InChI is InChI=1S/C14H13NO4S/c1-9-15(2)14(18)12(20-9)7-10-3-5-11(6-4-10)19-8-13(16)17/h3-7H,1,8H2,2H3,(H,16,17). The average Bonchev–Trinajstić information content (AvgIpc) is 2.65. The summed E-state index contributed by atoms with van der Waals surface area (Å²) in [5.41, 5.74) is 0.762. The van der Waals surface area contributed by atoms with Crippen LogP contribution in [0.3, 0.4) is 0 Å². The van der Waals surface area contributed by atoms with Crippen LogP contribution in [0.2, 0.25) is 0 Å². The van der Waals surface area contributed by atoms with Crippen molar-refractivity contribution < 1.29 is 14.6 Å². The largest absolute Gasteiger partial charge is 0.482 e. The molecule has 0 aliphatic rings. The predicted octanol–water partition coefficient (Wildman–Crippen LogP) is 0.149. The lowest BCUT2D eigenvalue weighted by atomic mass is 10.2. The zero-order chi connectivity index (χ0) is 14.7. The van der Waals surface area contributed by atoms with Crippen LogP contribution in [0.4, 0.5) is 0 Å². The molecule has 104 valence electrons. The number of carboxylic acids is 1. The molecule has 6 heteroatoms. The quantitative estimate of drug-likeness (QED) is 0.870. The van der Waals surface area contributed by atoms with E-state index in [1.165, 1.54) is 15.9 Å². The van der Waals surface area contributed by atoms with Gasteiger partial charge in [-0.25, -0.2) is 4.79 Å². The van der Waals surface area contributed by atoms with Crippen molar-refractivity contribution in [1.29, 1.82) is 0 Å². The molecule has 0 bridgehead atoms. The third-order valence-corrected chi connectivity index (χ3v) is 3.68. The van der Waals surface area contributed by atoms with Gasteiger partial charge in [-0.05, 0) is 23.8 Å². The third kappa shape index (κ3) is 3.16. The number of benzene rings is 1. The van der Waals surface area contributed by atoms with Gasteiger partial charge >= 0.3 is 5.97 Å². The summed E-state index contributed by atoms with van der Waals surface area (Å²) in [7, 11) is 1.68. The molecule has 1 aromatic heterocycles. The van der Waals surface area contributed by atoms with Gasteiger partial charge in [0.25, 0.3) is 5.56 Å². The van der Waals surface area contributed by atoms with Crippen LogP contribution in [-0.2, 0) is 11.8 Å². The van der Waals surface area contributed by atoms with Crippen molar-refractivity contribution in [3.8, 4) is 5.75 Å². The van der Waals surface area contributed by atoms with Crippen LogP contribution in [0, 0.1) is 0 Å². The molecule has 2 rings (SSSR count). The van der Waals surface area contributed by atoms with E-state index < -0.39 is 5.97 Å². The number of nitrogens with zero attached hydrogens (tertiary/aromatic N) is 1. The number of hydrogen-bond acceptors (Lipinski definition) is 4. The Hall–Kier alpha value is -2.34. The van der Waals surface area contributed by atoms with Crippen molar-refractivity contribution in [1.82, 2.24) is 4.57 Å². The minimum absolute atomic E-state index is 0.0776. The maximum Gasteiger partial charge on any atom is 0.341 e. The number of ether oxygens (including phenoxy) is 1. The Bertz CT molecular complexity index is 786. The van der Waals surface area contributed by atoms with Crippen LogP contribution in [0.5, 0.6) is 5.75 Å². The number of aromatic nitrogens is 1. The van der Waals surface area contributed by atoms with Gasteiger partial charge in [-0.15, -0.1) is 11.3 Å². The summed E-state index contributed by atoms with van der Waals surface area (Å²) in [6.07, 6.45) is 1.77. The van der Waals surface area contributed by atoms with Crippen molar-refractivity contribution in [3.63, 3.8) is 0 Å². The highest BCUT2D eigenvalue weighted by Gasteiger charge is 2.00. The maximum atomic E-state index is 11.9. The molecule has 0 amide bonds. The normalized spacial score (nSPS) is 11.6. The summed E-state index contributed by atoms with van der Waals surface area (Å²) < 4.78 is 7.84. The highest BCUT2D eigenvalue weighted by molar-refractivity contribution is 7.07. The molecule has 0 fully saturated rings. The fourth-order valence-electron chi connectivity index (χ4n) is 1.57. The lowest BCUT2D eigenvalue weighted by Crippen LogP contribution is -2.28. The molecule has 2 aromatic rings. The van der Waals surface area contributed by atoms with Gasteiger partial charge in [0, 0.05) is 7.05 Å². The Balaban J connectivity index is 2.26. The number of rotatable bonds is 4. The fourth-order valence-corrected chi connectivity index (χ4v) is 2.46. The van der Waals surface area contributed by atoms with E-state index in [-0.39, 0.29) is 12.2 Å². The van der Waals surface area contributed by atoms with E-state index in [2.05, 4.69) is 6.58 Å². The lowest BCUT2D eigenvalue weighted by molar-refractivity contribution is -0.139. The van der Waals surface area contributed by atoms with Crippen molar-refractivity contribution >= 4 is 30.0 Å². The number of hydrogen-bond donors (Lipinski definition) is 1. The van der Waals surface area contributed by atoms with Crippen LogP contribution >= 0.6 is 11.3 Å². The van der Waals surface area contributed by atoms with Gasteiger partial charge in [0.05, 0.1) is 9.20 Å². The Labute approximate surface area is 118 Å². The number of aliphatic carboxylic acids is 1. The highest BCUT2D eigenvalue weighted by atomic mass is 32.1. The minimum atomic E-state index is -1.02. The van der Waals surface area contributed by atoms with Gasteiger partial charge in [-0.1, -0.05) is 18.7 Å². The van der Waals surface area contributed by atoms with Crippen LogP contribution in [0.1, 0.15) is 5.56 Å². The number of carboxylic acid groups (broad SMARTS) is 1. The van der Waals surface area contributed by atoms with E-state index in [0.717, 1.165) is 5.56 Å². The molecule has 1 N–H and O–H groups in total. The SMILES string of the molecule is C=c1sc(=Cc2ccc(OCC(=O)O)cc2)c(=O)n1C. The Morgan fingerprint density at radius 3 is 2.60 bits per heavy atom.